The van der Waals surface area contributed by atoms with Gasteiger partial charge in [-0.3, -0.25) is 9.69 Å². The van der Waals surface area contributed by atoms with Crippen molar-refractivity contribution in [1.29, 1.82) is 0 Å². The standard InChI is InChI=1S/C24H35N5O2/c1-18(2)29(19(3)4)12-11-26-24(30)20-9-10-25-23(17-20)27-21-5-7-22(8-6-21)28-13-15-31-16-14-28/h5-10,17-19H,11-16H2,1-4H3,(H,25,27)(H,26,30). The summed E-state index contributed by atoms with van der Waals surface area (Å²) in [5.74, 6) is 0.568. The largest absolute Gasteiger partial charge is 0.378 e. The number of benzene rings is 1. The third-order valence-electron chi connectivity index (χ3n) is 5.52. The van der Waals surface area contributed by atoms with Crippen LogP contribution in [0.25, 0.3) is 0 Å². The normalized spacial score (nSPS) is 14.4. The van der Waals surface area contributed by atoms with Crippen LogP contribution in [0.3, 0.4) is 0 Å². The Bertz CT molecular complexity index is 824. The van der Waals surface area contributed by atoms with E-state index in [9.17, 15) is 4.79 Å². The lowest BCUT2D eigenvalue weighted by Crippen LogP contribution is -2.42. The molecule has 168 valence electrons. The third-order valence-corrected chi connectivity index (χ3v) is 5.52. The molecule has 0 radical (unpaired) electrons. The van der Waals surface area contributed by atoms with E-state index < -0.39 is 0 Å². The van der Waals surface area contributed by atoms with Crippen LogP contribution in [0, 0.1) is 0 Å². The molecule has 1 amide bonds. The second kappa shape index (κ2) is 11.1. The van der Waals surface area contributed by atoms with E-state index in [2.05, 4.69) is 65.2 Å². The van der Waals surface area contributed by atoms with Crippen molar-refractivity contribution < 1.29 is 9.53 Å². The molecule has 0 aliphatic carbocycles. The van der Waals surface area contributed by atoms with E-state index in [4.69, 9.17) is 4.74 Å². The highest BCUT2D eigenvalue weighted by molar-refractivity contribution is 5.94. The molecule has 1 aliphatic rings. The Morgan fingerprint density at radius 3 is 2.42 bits per heavy atom. The molecule has 31 heavy (non-hydrogen) atoms. The lowest BCUT2D eigenvalue weighted by atomic mass is 10.2. The first-order valence-electron chi connectivity index (χ1n) is 11.1. The van der Waals surface area contributed by atoms with Crippen LogP contribution in [0.15, 0.2) is 42.6 Å². The number of morpholine rings is 1. The Hall–Kier alpha value is -2.64. The average Bonchev–Trinajstić information content (AvgIpc) is 2.77. The number of anilines is 3. The van der Waals surface area contributed by atoms with Crippen molar-refractivity contribution in [3.8, 4) is 0 Å². The van der Waals surface area contributed by atoms with Gasteiger partial charge in [-0.15, -0.1) is 0 Å². The van der Waals surface area contributed by atoms with Gasteiger partial charge in [0, 0.05) is 61.4 Å². The summed E-state index contributed by atoms with van der Waals surface area (Å²) in [5.41, 5.74) is 2.72. The topological polar surface area (TPSA) is 69.7 Å². The minimum atomic E-state index is -0.0828. The van der Waals surface area contributed by atoms with Gasteiger partial charge in [-0.2, -0.15) is 0 Å². The van der Waals surface area contributed by atoms with Crippen LogP contribution in [-0.4, -0.2) is 67.3 Å². The number of nitrogens with zero attached hydrogens (tertiary/aromatic N) is 3. The number of pyridine rings is 1. The summed E-state index contributed by atoms with van der Waals surface area (Å²) in [6.45, 7) is 13.5. The third kappa shape index (κ3) is 6.67. The first-order chi connectivity index (χ1) is 14.9. The van der Waals surface area contributed by atoms with Crippen LogP contribution in [0.5, 0.6) is 0 Å². The Kier molecular flexibility index (Phi) is 8.26. The van der Waals surface area contributed by atoms with Crippen LogP contribution in [0.2, 0.25) is 0 Å². The van der Waals surface area contributed by atoms with Gasteiger partial charge in [-0.05, 0) is 64.1 Å². The maximum atomic E-state index is 12.6. The van der Waals surface area contributed by atoms with Crippen LogP contribution >= 0.6 is 0 Å². The molecule has 1 fully saturated rings. The van der Waals surface area contributed by atoms with Gasteiger partial charge in [0.15, 0.2) is 0 Å². The molecular formula is C24H35N5O2. The highest BCUT2D eigenvalue weighted by Crippen LogP contribution is 2.21. The summed E-state index contributed by atoms with van der Waals surface area (Å²) >= 11 is 0. The van der Waals surface area contributed by atoms with Gasteiger partial charge in [0.1, 0.15) is 5.82 Å². The highest BCUT2D eigenvalue weighted by atomic mass is 16.5. The zero-order valence-electron chi connectivity index (χ0n) is 19.1. The number of nitrogens with one attached hydrogen (secondary N) is 2. The molecule has 1 aliphatic heterocycles. The summed E-state index contributed by atoms with van der Waals surface area (Å²) in [7, 11) is 0. The minimum absolute atomic E-state index is 0.0828. The number of carbonyl (C=O) groups is 1. The molecular weight excluding hydrogens is 390 g/mol. The van der Waals surface area contributed by atoms with E-state index in [0.29, 0.717) is 30.0 Å². The van der Waals surface area contributed by atoms with E-state index in [1.165, 1.54) is 5.69 Å². The molecule has 1 saturated heterocycles. The van der Waals surface area contributed by atoms with Crippen molar-refractivity contribution in [2.75, 3.05) is 49.6 Å². The van der Waals surface area contributed by atoms with Gasteiger partial charge in [-0.25, -0.2) is 4.98 Å². The van der Waals surface area contributed by atoms with Gasteiger partial charge in [-0.1, -0.05) is 0 Å². The number of carbonyl (C=O) groups excluding carboxylic acids is 1. The van der Waals surface area contributed by atoms with Crippen molar-refractivity contribution in [3.63, 3.8) is 0 Å². The molecule has 0 bridgehead atoms. The highest BCUT2D eigenvalue weighted by Gasteiger charge is 2.14. The van der Waals surface area contributed by atoms with Crippen molar-refractivity contribution in [2.45, 2.75) is 39.8 Å². The molecule has 0 saturated carbocycles. The molecule has 1 aromatic carbocycles. The first-order valence-corrected chi connectivity index (χ1v) is 11.1. The predicted molar refractivity (Wildman–Crippen MR) is 126 cm³/mol. The van der Waals surface area contributed by atoms with Crippen LogP contribution in [0.1, 0.15) is 38.1 Å². The van der Waals surface area contributed by atoms with Crippen molar-refractivity contribution in [2.24, 2.45) is 0 Å². The summed E-state index contributed by atoms with van der Waals surface area (Å²) < 4.78 is 5.41. The fourth-order valence-electron chi connectivity index (χ4n) is 3.88. The lowest BCUT2D eigenvalue weighted by Gasteiger charge is -2.30. The fraction of sp³-hybridized carbons (Fsp3) is 0.500. The van der Waals surface area contributed by atoms with Gasteiger partial charge in [0.05, 0.1) is 13.2 Å². The number of hydrogen-bond donors (Lipinski definition) is 2. The summed E-state index contributed by atoms with van der Waals surface area (Å²) in [6, 6.07) is 12.7. The number of aromatic nitrogens is 1. The molecule has 3 rings (SSSR count). The number of rotatable bonds is 9. The maximum absolute atomic E-state index is 12.6. The van der Waals surface area contributed by atoms with Crippen LogP contribution in [0.4, 0.5) is 17.2 Å². The fourth-order valence-corrected chi connectivity index (χ4v) is 3.88. The molecule has 1 aromatic heterocycles. The number of hydrogen-bond acceptors (Lipinski definition) is 6. The van der Waals surface area contributed by atoms with E-state index in [1.807, 2.05) is 12.1 Å². The molecule has 7 heteroatoms. The average molecular weight is 426 g/mol. The van der Waals surface area contributed by atoms with E-state index in [1.54, 1.807) is 18.3 Å². The molecule has 2 aromatic rings. The second-order valence-corrected chi connectivity index (χ2v) is 8.38. The van der Waals surface area contributed by atoms with E-state index >= 15 is 0 Å². The van der Waals surface area contributed by atoms with Crippen molar-refractivity contribution in [1.82, 2.24) is 15.2 Å². The molecule has 2 N–H and O–H groups in total. The van der Waals surface area contributed by atoms with Gasteiger partial charge >= 0.3 is 0 Å². The smallest absolute Gasteiger partial charge is 0.251 e. The van der Waals surface area contributed by atoms with E-state index in [-0.39, 0.29) is 5.91 Å². The van der Waals surface area contributed by atoms with Gasteiger partial charge in [0.25, 0.3) is 5.91 Å². The van der Waals surface area contributed by atoms with Gasteiger partial charge < -0.3 is 20.3 Å². The van der Waals surface area contributed by atoms with Crippen molar-refractivity contribution >= 4 is 23.1 Å². The maximum Gasteiger partial charge on any atom is 0.251 e. The summed E-state index contributed by atoms with van der Waals surface area (Å²) in [6.07, 6.45) is 1.66. The zero-order chi connectivity index (χ0) is 22.2. The second-order valence-electron chi connectivity index (χ2n) is 8.38. The first kappa shape index (κ1) is 23.0. The number of ether oxygens (including phenoxy) is 1. The molecule has 0 unspecified atom stereocenters. The Morgan fingerprint density at radius 2 is 1.77 bits per heavy atom. The quantitative estimate of drug-likeness (QED) is 0.641. The van der Waals surface area contributed by atoms with Crippen LogP contribution in [-0.2, 0) is 4.74 Å². The minimum Gasteiger partial charge on any atom is -0.378 e. The molecule has 7 nitrogen and oxygen atoms in total. The number of amides is 1. The Balaban J connectivity index is 1.55. The molecule has 0 spiro atoms. The predicted octanol–water partition coefficient (Wildman–Crippen LogP) is 3.51. The van der Waals surface area contributed by atoms with E-state index in [0.717, 1.165) is 38.5 Å². The van der Waals surface area contributed by atoms with Crippen LogP contribution < -0.4 is 15.5 Å². The lowest BCUT2D eigenvalue weighted by molar-refractivity contribution is 0.0939. The Labute approximate surface area is 185 Å². The summed E-state index contributed by atoms with van der Waals surface area (Å²) in [5, 5.41) is 6.31. The zero-order valence-corrected chi connectivity index (χ0v) is 19.1. The summed E-state index contributed by atoms with van der Waals surface area (Å²) in [4.78, 5) is 21.6. The van der Waals surface area contributed by atoms with Crippen molar-refractivity contribution in [3.05, 3.63) is 48.2 Å². The molecule has 2 heterocycles. The van der Waals surface area contributed by atoms with Gasteiger partial charge in [0.2, 0.25) is 0 Å². The monoisotopic (exact) mass is 425 g/mol. The SMILES string of the molecule is CC(C)N(CCNC(=O)c1ccnc(Nc2ccc(N3CCOCC3)cc2)c1)C(C)C. The molecule has 0 atom stereocenters. The Morgan fingerprint density at radius 1 is 1.10 bits per heavy atom.